The van der Waals surface area contributed by atoms with Crippen LogP contribution >= 0.6 is 34.9 Å². The first kappa shape index (κ1) is 15.8. The number of fused-ring (bicyclic) bond motifs is 1. The molecular formula is C17H18N2S3. The summed E-state index contributed by atoms with van der Waals surface area (Å²) in [5.74, 6) is 1.79. The van der Waals surface area contributed by atoms with E-state index in [4.69, 9.17) is 0 Å². The summed E-state index contributed by atoms with van der Waals surface area (Å²) in [6.45, 7) is 6.30. The first-order valence-corrected chi connectivity index (χ1v) is 10.1. The third-order valence-electron chi connectivity index (χ3n) is 3.64. The summed E-state index contributed by atoms with van der Waals surface area (Å²) in [5.41, 5.74) is 2.65. The van der Waals surface area contributed by atoms with Gasteiger partial charge >= 0.3 is 0 Å². The number of aromatic nitrogens is 2. The SMILES string of the molecule is CSc1ccc(CSc2nc(C)nc3sc(C)c(C)c23)cc1. The standard InChI is InChI=1S/C17H18N2S3/c1-10-11(2)22-17-15(10)16(18-12(3)19-17)21-9-13-5-7-14(20-4)8-6-13/h5-8H,9H2,1-4H3. The highest BCUT2D eigenvalue weighted by Crippen LogP contribution is 2.36. The van der Waals surface area contributed by atoms with E-state index in [0.29, 0.717) is 0 Å². The molecule has 0 aliphatic rings. The van der Waals surface area contributed by atoms with Crippen LogP contribution in [0.5, 0.6) is 0 Å². The number of hydrogen-bond acceptors (Lipinski definition) is 5. The van der Waals surface area contributed by atoms with Gasteiger partial charge in [-0.3, -0.25) is 0 Å². The average molecular weight is 347 g/mol. The minimum atomic E-state index is 0.856. The fraction of sp³-hybridized carbons (Fsp3) is 0.294. The summed E-state index contributed by atoms with van der Waals surface area (Å²) in [6, 6.07) is 8.77. The lowest BCUT2D eigenvalue weighted by Gasteiger charge is -2.06. The molecular weight excluding hydrogens is 328 g/mol. The van der Waals surface area contributed by atoms with Crippen molar-refractivity contribution < 1.29 is 0 Å². The maximum absolute atomic E-state index is 4.68. The molecule has 0 amide bonds. The highest BCUT2D eigenvalue weighted by atomic mass is 32.2. The van der Waals surface area contributed by atoms with Crippen molar-refractivity contribution in [2.75, 3.05) is 6.26 Å². The second-order valence-corrected chi connectivity index (χ2v) is 8.22. The Morgan fingerprint density at radius 2 is 1.77 bits per heavy atom. The third kappa shape index (κ3) is 3.16. The largest absolute Gasteiger partial charge is 0.226 e. The van der Waals surface area contributed by atoms with E-state index < -0.39 is 0 Å². The van der Waals surface area contributed by atoms with Crippen LogP contribution in [0.4, 0.5) is 0 Å². The minimum absolute atomic E-state index is 0.856. The van der Waals surface area contributed by atoms with E-state index in [1.54, 1.807) is 34.9 Å². The fourth-order valence-electron chi connectivity index (χ4n) is 2.29. The van der Waals surface area contributed by atoms with Crippen molar-refractivity contribution in [3.05, 3.63) is 46.1 Å². The van der Waals surface area contributed by atoms with Gasteiger partial charge in [0.2, 0.25) is 0 Å². The summed E-state index contributed by atoms with van der Waals surface area (Å²) < 4.78 is 0. The van der Waals surface area contributed by atoms with Gasteiger partial charge in [-0.25, -0.2) is 9.97 Å². The molecule has 3 aromatic rings. The van der Waals surface area contributed by atoms with Gasteiger partial charge in [0.25, 0.3) is 0 Å². The molecule has 3 rings (SSSR count). The number of thiophene rings is 1. The Labute approximate surface area is 143 Å². The van der Waals surface area contributed by atoms with Gasteiger partial charge in [-0.05, 0) is 50.3 Å². The minimum Gasteiger partial charge on any atom is -0.226 e. The number of aryl methyl sites for hydroxylation is 3. The third-order valence-corrected chi connectivity index (χ3v) is 6.53. The first-order valence-electron chi connectivity index (χ1n) is 7.08. The zero-order valence-corrected chi connectivity index (χ0v) is 15.6. The summed E-state index contributed by atoms with van der Waals surface area (Å²) in [6.07, 6.45) is 2.10. The summed E-state index contributed by atoms with van der Waals surface area (Å²) >= 11 is 5.35. The van der Waals surface area contributed by atoms with E-state index >= 15 is 0 Å². The topological polar surface area (TPSA) is 25.8 Å². The number of nitrogens with zero attached hydrogens (tertiary/aromatic N) is 2. The molecule has 0 bridgehead atoms. The molecule has 2 nitrogen and oxygen atoms in total. The zero-order valence-electron chi connectivity index (χ0n) is 13.1. The van der Waals surface area contributed by atoms with E-state index in [9.17, 15) is 0 Å². The van der Waals surface area contributed by atoms with E-state index in [1.807, 2.05) is 6.92 Å². The van der Waals surface area contributed by atoms with Crippen molar-refractivity contribution in [1.82, 2.24) is 9.97 Å². The van der Waals surface area contributed by atoms with Crippen LogP contribution in [0.2, 0.25) is 0 Å². The first-order chi connectivity index (χ1) is 10.6. The Morgan fingerprint density at radius 3 is 2.45 bits per heavy atom. The van der Waals surface area contributed by atoms with E-state index in [2.05, 4.69) is 54.3 Å². The molecule has 0 aliphatic carbocycles. The maximum atomic E-state index is 4.68. The maximum Gasteiger partial charge on any atom is 0.128 e. The monoisotopic (exact) mass is 346 g/mol. The van der Waals surface area contributed by atoms with Gasteiger partial charge < -0.3 is 0 Å². The Morgan fingerprint density at radius 1 is 1.05 bits per heavy atom. The van der Waals surface area contributed by atoms with Crippen molar-refractivity contribution in [3.8, 4) is 0 Å². The number of rotatable bonds is 4. The Hall–Kier alpha value is -1.04. The molecule has 0 atom stereocenters. The zero-order chi connectivity index (χ0) is 15.7. The summed E-state index contributed by atoms with van der Waals surface area (Å²) in [7, 11) is 0. The number of benzene rings is 1. The smallest absolute Gasteiger partial charge is 0.128 e. The Kier molecular flexibility index (Phi) is 4.76. The van der Waals surface area contributed by atoms with Crippen LogP contribution in [0, 0.1) is 20.8 Å². The summed E-state index contributed by atoms with van der Waals surface area (Å²) in [4.78, 5) is 13.0. The van der Waals surface area contributed by atoms with Gasteiger partial charge in [0.05, 0.1) is 0 Å². The van der Waals surface area contributed by atoms with Crippen LogP contribution in [0.25, 0.3) is 10.2 Å². The van der Waals surface area contributed by atoms with E-state index in [0.717, 1.165) is 21.4 Å². The van der Waals surface area contributed by atoms with Crippen LogP contribution in [0.1, 0.15) is 21.8 Å². The van der Waals surface area contributed by atoms with Crippen LogP contribution in [0.15, 0.2) is 34.2 Å². The lowest BCUT2D eigenvalue weighted by atomic mass is 10.2. The van der Waals surface area contributed by atoms with Gasteiger partial charge in [-0.1, -0.05) is 12.1 Å². The second-order valence-electron chi connectivity index (χ2n) is 5.18. The molecule has 0 unspecified atom stereocenters. The van der Waals surface area contributed by atoms with Crippen molar-refractivity contribution >= 4 is 45.1 Å². The number of hydrogen-bond donors (Lipinski definition) is 0. The molecule has 0 radical (unpaired) electrons. The Balaban J connectivity index is 1.89. The molecule has 1 aromatic carbocycles. The molecule has 2 aromatic heterocycles. The predicted octanol–water partition coefficient (Wildman–Crippen LogP) is 5.63. The van der Waals surface area contributed by atoms with Crippen LogP contribution in [0.3, 0.4) is 0 Å². The van der Waals surface area contributed by atoms with Gasteiger partial charge in [0, 0.05) is 20.9 Å². The van der Waals surface area contributed by atoms with Crippen LogP contribution in [-0.4, -0.2) is 16.2 Å². The van der Waals surface area contributed by atoms with Crippen molar-refractivity contribution in [2.45, 2.75) is 36.4 Å². The molecule has 0 saturated heterocycles. The van der Waals surface area contributed by atoms with Gasteiger partial charge in [-0.15, -0.1) is 34.9 Å². The lowest BCUT2D eigenvalue weighted by Crippen LogP contribution is -1.92. The van der Waals surface area contributed by atoms with Crippen molar-refractivity contribution in [1.29, 1.82) is 0 Å². The molecule has 0 aliphatic heterocycles. The normalized spacial score (nSPS) is 11.3. The predicted molar refractivity (Wildman–Crippen MR) is 99.4 cm³/mol. The highest BCUT2D eigenvalue weighted by molar-refractivity contribution is 7.98. The van der Waals surface area contributed by atoms with Crippen LogP contribution in [-0.2, 0) is 5.75 Å². The average Bonchev–Trinajstić information content (AvgIpc) is 2.80. The van der Waals surface area contributed by atoms with Gasteiger partial charge in [0.15, 0.2) is 0 Å². The molecule has 0 N–H and O–H groups in total. The molecule has 0 fully saturated rings. The summed E-state index contributed by atoms with van der Waals surface area (Å²) in [5, 5.41) is 2.34. The van der Waals surface area contributed by atoms with Crippen molar-refractivity contribution in [3.63, 3.8) is 0 Å². The number of thioether (sulfide) groups is 2. The quantitative estimate of drug-likeness (QED) is 0.451. The second kappa shape index (κ2) is 6.60. The van der Waals surface area contributed by atoms with Gasteiger partial charge in [-0.2, -0.15) is 0 Å². The fourth-order valence-corrected chi connectivity index (χ4v) is 4.93. The molecule has 5 heteroatoms. The van der Waals surface area contributed by atoms with Crippen LogP contribution < -0.4 is 0 Å². The van der Waals surface area contributed by atoms with E-state index in [-0.39, 0.29) is 0 Å². The van der Waals surface area contributed by atoms with E-state index in [1.165, 1.54) is 26.3 Å². The van der Waals surface area contributed by atoms with Crippen molar-refractivity contribution in [2.24, 2.45) is 0 Å². The molecule has 114 valence electrons. The highest BCUT2D eigenvalue weighted by Gasteiger charge is 2.13. The molecule has 2 heterocycles. The molecule has 0 spiro atoms. The molecule has 22 heavy (non-hydrogen) atoms. The van der Waals surface area contributed by atoms with Gasteiger partial charge in [0.1, 0.15) is 15.7 Å². The lowest BCUT2D eigenvalue weighted by molar-refractivity contribution is 1.01. The molecule has 0 saturated carbocycles. The Bertz CT molecular complexity index is 807.